The molecule has 204 valence electrons. The Morgan fingerprint density at radius 2 is 1.79 bits per heavy atom. The molecule has 0 bridgehead atoms. The highest BCUT2D eigenvalue weighted by molar-refractivity contribution is 6.30. The zero-order valence-electron chi connectivity index (χ0n) is 22.3. The van der Waals surface area contributed by atoms with Crippen molar-refractivity contribution in [1.29, 1.82) is 5.26 Å². The SMILES string of the molecule is N#CC1(c2cccc(Cl)c2)CCN(CCCCCCc2cccc3c2CN(C2CCC(=O)NC2=O)C3=O)CC1. The Balaban J connectivity index is 1.05. The highest BCUT2D eigenvalue weighted by Gasteiger charge is 2.40. The Labute approximate surface area is 235 Å². The summed E-state index contributed by atoms with van der Waals surface area (Å²) < 4.78 is 0. The fraction of sp³-hybridized carbons (Fsp3) is 0.484. The first-order chi connectivity index (χ1) is 18.9. The lowest BCUT2D eigenvalue weighted by atomic mass is 9.74. The molecule has 0 aliphatic carbocycles. The van der Waals surface area contributed by atoms with Crippen LogP contribution < -0.4 is 5.32 Å². The molecular weight excluding hydrogens is 512 g/mol. The Kier molecular flexibility index (Phi) is 8.34. The van der Waals surface area contributed by atoms with Gasteiger partial charge in [0.2, 0.25) is 11.8 Å². The van der Waals surface area contributed by atoms with Crippen LogP contribution in [0.4, 0.5) is 0 Å². The van der Waals surface area contributed by atoms with Crippen LogP contribution in [0.2, 0.25) is 5.02 Å². The maximum atomic E-state index is 13.0. The number of nitrogens with one attached hydrogen (secondary N) is 1. The van der Waals surface area contributed by atoms with Gasteiger partial charge in [0.15, 0.2) is 0 Å². The first-order valence-corrected chi connectivity index (χ1v) is 14.4. The predicted octanol–water partition coefficient (Wildman–Crippen LogP) is 4.76. The third-order valence-corrected chi connectivity index (χ3v) is 8.89. The number of carbonyl (C=O) groups excluding carboxylic acids is 3. The minimum atomic E-state index is -0.575. The van der Waals surface area contributed by atoms with Crippen molar-refractivity contribution in [3.63, 3.8) is 0 Å². The third kappa shape index (κ3) is 5.88. The average molecular weight is 547 g/mol. The number of piperidine rings is 2. The van der Waals surface area contributed by atoms with Gasteiger partial charge in [0.1, 0.15) is 6.04 Å². The quantitative estimate of drug-likeness (QED) is 0.361. The molecule has 5 rings (SSSR count). The van der Waals surface area contributed by atoms with Crippen molar-refractivity contribution >= 4 is 29.3 Å². The summed E-state index contributed by atoms with van der Waals surface area (Å²) in [6.07, 6.45) is 7.66. The molecule has 3 aliphatic rings. The molecule has 8 heteroatoms. The van der Waals surface area contributed by atoms with Crippen LogP contribution in [0.25, 0.3) is 0 Å². The lowest BCUT2D eigenvalue weighted by Gasteiger charge is -2.37. The van der Waals surface area contributed by atoms with E-state index in [0.717, 1.165) is 75.7 Å². The van der Waals surface area contributed by atoms with Gasteiger partial charge in [-0.1, -0.05) is 48.7 Å². The monoisotopic (exact) mass is 546 g/mol. The van der Waals surface area contributed by atoms with Gasteiger partial charge in [0.05, 0.1) is 11.5 Å². The normalized spacial score (nSPS) is 21.0. The number of imide groups is 1. The maximum Gasteiger partial charge on any atom is 0.255 e. The molecule has 2 saturated heterocycles. The fourth-order valence-electron chi connectivity index (χ4n) is 6.30. The second-order valence-electron chi connectivity index (χ2n) is 11.1. The summed E-state index contributed by atoms with van der Waals surface area (Å²) in [7, 11) is 0. The van der Waals surface area contributed by atoms with Gasteiger partial charge in [0, 0.05) is 23.6 Å². The van der Waals surface area contributed by atoms with Gasteiger partial charge >= 0.3 is 0 Å². The topological polar surface area (TPSA) is 93.5 Å². The highest BCUT2D eigenvalue weighted by atomic mass is 35.5. The van der Waals surface area contributed by atoms with Crippen LogP contribution >= 0.6 is 11.6 Å². The summed E-state index contributed by atoms with van der Waals surface area (Å²) in [5.74, 6) is -0.752. The molecule has 2 aromatic rings. The van der Waals surface area contributed by atoms with E-state index >= 15 is 0 Å². The molecule has 3 heterocycles. The van der Waals surface area contributed by atoms with Crippen molar-refractivity contribution in [2.45, 2.75) is 75.8 Å². The molecule has 39 heavy (non-hydrogen) atoms. The van der Waals surface area contributed by atoms with Gasteiger partial charge in [-0.2, -0.15) is 5.26 Å². The fourth-order valence-corrected chi connectivity index (χ4v) is 6.49. The highest BCUT2D eigenvalue weighted by Crippen LogP contribution is 2.36. The molecule has 1 N–H and O–H groups in total. The maximum absolute atomic E-state index is 13.0. The predicted molar refractivity (Wildman–Crippen MR) is 149 cm³/mol. The number of halogens is 1. The zero-order chi connectivity index (χ0) is 27.4. The standard InChI is InChI=1S/C31H35ClN4O3/c32-24-10-6-9-23(19-24)31(21-33)14-17-35(18-15-31)16-4-2-1-3-7-22-8-5-11-25-26(22)20-36(30(25)39)27-12-13-28(37)34-29(27)38/h5-6,8-11,19,27H,1-4,7,12-18,20H2,(H,34,37,38). The van der Waals surface area contributed by atoms with Crippen LogP contribution in [-0.4, -0.2) is 53.2 Å². The largest absolute Gasteiger partial charge is 0.322 e. The number of nitriles is 1. The summed E-state index contributed by atoms with van der Waals surface area (Å²) in [5, 5.41) is 13.0. The summed E-state index contributed by atoms with van der Waals surface area (Å²) in [6, 6.07) is 15.6. The summed E-state index contributed by atoms with van der Waals surface area (Å²) >= 11 is 6.18. The molecular formula is C31H35ClN4O3. The van der Waals surface area contributed by atoms with Crippen LogP contribution in [0, 0.1) is 11.3 Å². The molecule has 3 amide bonds. The second-order valence-corrected chi connectivity index (χ2v) is 11.5. The minimum Gasteiger partial charge on any atom is -0.322 e. The van der Waals surface area contributed by atoms with Gasteiger partial charge in [-0.25, -0.2) is 0 Å². The van der Waals surface area contributed by atoms with E-state index in [1.165, 1.54) is 5.56 Å². The van der Waals surface area contributed by atoms with Crippen molar-refractivity contribution in [3.05, 3.63) is 69.7 Å². The molecule has 0 saturated carbocycles. The number of fused-ring (bicyclic) bond motifs is 1. The van der Waals surface area contributed by atoms with Gasteiger partial charge in [-0.05, 0) is 93.0 Å². The van der Waals surface area contributed by atoms with Gasteiger partial charge in [-0.15, -0.1) is 0 Å². The number of hydrogen-bond acceptors (Lipinski definition) is 5. The van der Waals surface area contributed by atoms with Crippen LogP contribution in [0.3, 0.4) is 0 Å². The van der Waals surface area contributed by atoms with E-state index in [0.29, 0.717) is 23.6 Å². The number of rotatable bonds is 9. The van der Waals surface area contributed by atoms with E-state index in [1.807, 2.05) is 36.4 Å². The molecule has 0 radical (unpaired) electrons. The van der Waals surface area contributed by atoms with Crippen LogP contribution in [0.5, 0.6) is 0 Å². The summed E-state index contributed by atoms with van der Waals surface area (Å²) in [6.45, 7) is 3.33. The van der Waals surface area contributed by atoms with E-state index in [2.05, 4.69) is 22.4 Å². The number of aryl methyl sites for hydroxylation is 1. The number of unbranched alkanes of at least 4 members (excludes halogenated alkanes) is 3. The molecule has 0 spiro atoms. The first kappa shape index (κ1) is 27.4. The number of benzene rings is 2. The average Bonchev–Trinajstić information content (AvgIpc) is 3.27. The van der Waals surface area contributed by atoms with E-state index in [9.17, 15) is 19.6 Å². The third-order valence-electron chi connectivity index (χ3n) is 8.65. The van der Waals surface area contributed by atoms with Gasteiger partial charge < -0.3 is 9.80 Å². The van der Waals surface area contributed by atoms with E-state index < -0.39 is 11.5 Å². The van der Waals surface area contributed by atoms with E-state index in [-0.39, 0.29) is 24.1 Å². The number of hydrogen-bond donors (Lipinski definition) is 1. The molecule has 0 aromatic heterocycles. The summed E-state index contributed by atoms with van der Waals surface area (Å²) in [4.78, 5) is 41.0. The molecule has 1 unspecified atom stereocenters. The Morgan fingerprint density at radius 3 is 2.54 bits per heavy atom. The molecule has 2 aromatic carbocycles. The second kappa shape index (κ2) is 11.9. The van der Waals surface area contributed by atoms with Crippen LogP contribution in [-0.2, 0) is 28.0 Å². The Bertz CT molecular complexity index is 1290. The Hall–Kier alpha value is -3.21. The zero-order valence-corrected chi connectivity index (χ0v) is 23.0. The van der Waals surface area contributed by atoms with Crippen molar-refractivity contribution in [3.8, 4) is 6.07 Å². The van der Waals surface area contributed by atoms with Crippen LogP contribution in [0.1, 0.15) is 78.4 Å². The molecule has 3 aliphatic heterocycles. The molecule has 1 atom stereocenters. The lowest BCUT2D eigenvalue weighted by Crippen LogP contribution is -2.52. The number of nitrogens with zero attached hydrogens (tertiary/aromatic N) is 3. The van der Waals surface area contributed by atoms with Crippen molar-refractivity contribution in [2.75, 3.05) is 19.6 Å². The minimum absolute atomic E-state index is 0.112. The number of carbonyl (C=O) groups is 3. The molecule has 2 fully saturated rings. The van der Waals surface area contributed by atoms with Crippen molar-refractivity contribution in [2.24, 2.45) is 0 Å². The number of likely N-dealkylation sites (tertiary alicyclic amines) is 1. The van der Waals surface area contributed by atoms with Crippen molar-refractivity contribution in [1.82, 2.24) is 15.1 Å². The van der Waals surface area contributed by atoms with Crippen LogP contribution in [0.15, 0.2) is 42.5 Å². The van der Waals surface area contributed by atoms with E-state index in [1.54, 1.807) is 4.90 Å². The molecule has 7 nitrogen and oxygen atoms in total. The smallest absolute Gasteiger partial charge is 0.255 e. The van der Waals surface area contributed by atoms with E-state index in [4.69, 9.17) is 11.6 Å². The summed E-state index contributed by atoms with van der Waals surface area (Å²) in [5.41, 5.74) is 3.49. The first-order valence-electron chi connectivity index (χ1n) is 14.1. The van der Waals surface area contributed by atoms with Crippen molar-refractivity contribution < 1.29 is 14.4 Å². The van der Waals surface area contributed by atoms with Gasteiger partial charge in [-0.3, -0.25) is 19.7 Å². The lowest BCUT2D eigenvalue weighted by molar-refractivity contribution is -0.136. The van der Waals surface area contributed by atoms with Gasteiger partial charge in [0.25, 0.3) is 5.91 Å². The number of amides is 3. The Morgan fingerprint density at radius 1 is 1.03 bits per heavy atom.